The summed E-state index contributed by atoms with van der Waals surface area (Å²) in [5.41, 5.74) is -1.21. The van der Waals surface area contributed by atoms with E-state index in [1.807, 2.05) is 6.92 Å². The minimum Gasteiger partial charge on any atom is -0.406 e. The van der Waals surface area contributed by atoms with Gasteiger partial charge in [0.2, 0.25) is 5.91 Å². The van der Waals surface area contributed by atoms with Gasteiger partial charge in [0.25, 0.3) is 5.91 Å². The zero-order chi connectivity index (χ0) is 23.3. The Morgan fingerprint density at radius 2 is 1.94 bits per heavy atom. The summed E-state index contributed by atoms with van der Waals surface area (Å²) in [4.78, 5) is 38.9. The minimum atomic E-state index is -4.83. The number of amides is 4. The number of alkyl halides is 3. The standard InChI is InChI=1S/C22H26F3N3O4/c1-12(17-10-13-3-4-14(17)9-13)26-18(29)11-28-19(30)21(2,27-20(28)31)15-5-7-16(8-6-15)32-22(23,24)25/h5-8,12-14,17H,3-4,9-11H2,1-2H3,(H,26,29)(H,27,31). The Balaban J connectivity index is 1.39. The number of halogens is 3. The first-order valence-electron chi connectivity index (χ1n) is 10.8. The van der Waals surface area contributed by atoms with Gasteiger partial charge in [0, 0.05) is 6.04 Å². The molecule has 2 bridgehead atoms. The topological polar surface area (TPSA) is 87.7 Å². The Labute approximate surface area is 183 Å². The molecule has 2 saturated carbocycles. The summed E-state index contributed by atoms with van der Waals surface area (Å²) in [5.74, 6) is 0.288. The molecule has 32 heavy (non-hydrogen) atoms. The van der Waals surface area contributed by atoms with Crippen molar-refractivity contribution in [3.63, 3.8) is 0 Å². The van der Waals surface area contributed by atoms with Gasteiger partial charge in [0.15, 0.2) is 0 Å². The van der Waals surface area contributed by atoms with Crippen molar-refractivity contribution in [2.75, 3.05) is 6.54 Å². The van der Waals surface area contributed by atoms with Gasteiger partial charge in [-0.25, -0.2) is 4.79 Å². The second-order valence-electron chi connectivity index (χ2n) is 9.21. The molecular weight excluding hydrogens is 427 g/mol. The first kappa shape index (κ1) is 22.4. The van der Waals surface area contributed by atoms with Gasteiger partial charge in [-0.2, -0.15) is 0 Å². The van der Waals surface area contributed by atoms with Gasteiger partial charge in [-0.3, -0.25) is 14.5 Å². The fourth-order valence-electron chi connectivity index (χ4n) is 5.48. The van der Waals surface area contributed by atoms with E-state index in [9.17, 15) is 27.6 Å². The number of fused-ring (bicyclic) bond motifs is 2. The maximum absolute atomic E-state index is 13.0. The zero-order valence-electron chi connectivity index (χ0n) is 17.9. The molecule has 3 aliphatic rings. The first-order valence-corrected chi connectivity index (χ1v) is 10.8. The van der Waals surface area contributed by atoms with E-state index in [1.54, 1.807) is 0 Å². The van der Waals surface area contributed by atoms with Crippen molar-refractivity contribution in [3.8, 4) is 5.75 Å². The van der Waals surface area contributed by atoms with E-state index >= 15 is 0 Å². The third-order valence-corrected chi connectivity index (χ3v) is 7.07. The van der Waals surface area contributed by atoms with E-state index < -0.39 is 42.0 Å². The van der Waals surface area contributed by atoms with Crippen LogP contribution < -0.4 is 15.4 Å². The molecule has 1 saturated heterocycles. The number of carbonyl (C=O) groups excluding carboxylic acids is 3. The van der Waals surface area contributed by atoms with E-state index in [2.05, 4.69) is 15.4 Å². The lowest BCUT2D eigenvalue weighted by atomic mass is 9.84. The summed E-state index contributed by atoms with van der Waals surface area (Å²) in [7, 11) is 0. The van der Waals surface area contributed by atoms with Crippen LogP contribution in [0.1, 0.15) is 45.1 Å². The molecule has 1 aromatic rings. The van der Waals surface area contributed by atoms with Gasteiger partial charge < -0.3 is 15.4 Å². The molecule has 0 aromatic heterocycles. The van der Waals surface area contributed by atoms with Crippen LogP contribution in [0.15, 0.2) is 24.3 Å². The van der Waals surface area contributed by atoms with Crippen molar-refractivity contribution in [1.82, 2.24) is 15.5 Å². The molecule has 174 valence electrons. The summed E-state index contributed by atoms with van der Waals surface area (Å²) < 4.78 is 40.9. The Kier molecular flexibility index (Phi) is 5.58. The van der Waals surface area contributed by atoms with Crippen LogP contribution in [-0.2, 0) is 15.1 Å². The van der Waals surface area contributed by atoms with Crippen LogP contribution in [0.3, 0.4) is 0 Å². The SMILES string of the molecule is CC(NC(=O)CN1C(=O)NC(C)(c2ccc(OC(F)(F)F)cc2)C1=O)C1CC2CCC1C2. The quantitative estimate of drug-likeness (QED) is 0.647. The first-order chi connectivity index (χ1) is 15.0. The Morgan fingerprint density at radius 1 is 1.25 bits per heavy atom. The highest BCUT2D eigenvalue weighted by Gasteiger charge is 2.50. The highest BCUT2D eigenvalue weighted by Crippen LogP contribution is 2.49. The summed E-state index contributed by atoms with van der Waals surface area (Å²) in [6.45, 7) is 2.99. The third-order valence-electron chi connectivity index (χ3n) is 7.07. The van der Waals surface area contributed by atoms with Crippen LogP contribution in [0.2, 0.25) is 0 Å². The Bertz CT molecular complexity index is 920. The van der Waals surface area contributed by atoms with Crippen molar-refractivity contribution < 1.29 is 32.3 Å². The van der Waals surface area contributed by atoms with Gasteiger partial charge in [0.1, 0.15) is 17.8 Å². The number of rotatable bonds is 6. The molecule has 0 spiro atoms. The number of urea groups is 1. The molecule has 5 atom stereocenters. The van der Waals surface area contributed by atoms with Crippen LogP contribution in [-0.4, -0.2) is 41.7 Å². The molecule has 7 nitrogen and oxygen atoms in total. The van der Waals surface area contributed by atoms with Crippen molar-refractivity contribution in [3.05, 3.63) is 29.8 Å². The molecule has 0 radical (unpaired) electrons. The maximum atomic E-state index is 13.0. The number of carbonyl (C=O) groups is 3. The molecule has 4 amide bonds. The Hall–Kier alpha value is -2.78. The number of nitrogens with zero attached hydrogens (tertiary/aromatic N) is 1. The Morgan fingerprint density at radius 3 is 2.50 bits per heavy atom. The minimum absolute atomic E-state index is 0.0360. The van der Waals surface area contributed by atoms with Crippen molar-refractivity contribution in [2.24, 2.45) is 17.8 Å². The fraction of sp³-hybridized carbons (Fsp3) is 0.591. The molecule has 4 rings (SSSR count). The summed E-state index contributed by atoms with van der Waals surface area (Å²) in [6.07, 6.45) is -0.0769. The predicted molar refractivity (Wildman–Crippen MR) is 107 cm³/mol. The van der Waals surface area contributed by atoms with E-state index in [0.29, 0.717) is 11.8 Å². The van der Waals surface area contributed by atoms with Crippen LogP contribution in [0.5, 0.6) is 5.75 Å². The average Bonchev–Trinajstić information content (AvgIpc) is 3.38. The van der Waals surface area contributed by atoms with Gasteiger partial charge in [-0.15, -0.1) is 13.2 Å². The zero-order valence-corrected chi connectivity index (χ0v) is 17.9. The van der Waals surface area contributed by atoms with Crippen LogP contribution in [0, 0.1) is 17.8 Å². The van der Waals surface area contributed by atoms with Gasteiger partial charge >= 0.3 is 12.4 Å². The number of ether oxygens (including phenoxy) is 1. The normalized spacial score (nSPS) is 30.4. The fourth-order valence-corrected chi connectivity index (χ4v) is 5.48. The molecule has 2 N–H and O–H groups in total. The molecule has 2 aliphatic carbocycles. The number of nitrogens with one attached hydrogen (secondary N) is 2. The van der Waals surface area contributed by atoms with Crippen molar-refractivity contribution in [2.45, 2.75) is 57.5 Å². The van der Waals surface area contributed by atoms with Crippen LogP contribution >= 0.6 is 0 Å². The van der Waals surface area contributed by atoms with Crippen molar-refractivity contribution in [1.29, 1.82) is 0 Å². The molecule has 10 heteroatoms. The molecule has 1 aromatic carbocycles. The molecular formula is C22H26F3N3O4. The molecule has 1 aliphatic heterocycles. The maximum Gasteiger partial charge on any atom is 0.573 e. The third kappa shape index (κ3) is 4.27. The number of hydrogen-bond acceptors (Lipinski definition) is 4. The van der Waals surface area contributed by atoms with Gasteiger partial charge in [-0.05, 0) is 68.6 Å². The van der Waals surface area contributed by atoms with Gasteiger partial charge in [-0.1, -0.05) is 18.6 Å². The number of imide groups is 1. The smallest absolute Gasteiger partial charge is 0.406 e. The summed E-state index contributed by atoms with van der Waals surface area (Å²) in [6, 6.07) is 3.93. The second kappa shape index (κ2) is 7.97. The monoisotopic (exact) mass is 453 g/mol. The lowest BCUT2D eigenvalue weighted by molar-refractivity contribution is -0.274. The van der Waals surface area contributed by atoms with E-state index in [4.69, 9.17) is 0 Å². The molecule has 3 fully saturated rings. The highest BCUT2D eigenvalue weighted by molar-refractivity contribution is 6.09. The summed E-state index contributed by atoms with van der Waals surface area (Å²) >= 11 is 0. The lowest BCUT2D eigenvalue weighted by Crippen LogP contribution is -2.47. The van der Waals surface area contributed by atoms with Crippen LogP contribution in [0.4, 0.5) is 18.0 Å². The predicted octanol–water partition coefficient (Wildman–Crippen LogP) is 3.29. The molecule has 5 unspecified atom stereocenters. The number of hydrogen-bond donors (Lipinski definition) is 2. The second-order valence-corrected chi connectivity index (χ2v) is 9.21. The van der Waals surface area contributed by atoms with Crippen LogP contribution in [0.25, 0.3) is 0 Å². The highest BCUT2D eigenvalue weighted by atomic mass is 19.4. The largest absolute Gasteiger partial charge is 0.573 e. The van der Waals surface area contributed by atoms with E-state index in [1.165, 1.54) is 38.3 Å². The molecule has 1 heterocycles. The lowest BCUT2D eigenvalue weighted by Gasteiger charge is -2.29. The van der Waals surface area contributed by atoms with Crippen molar-refractivity contribution >= 4 is 17.8 Å². The average molecular weight is 453 g/mol. The van der Waals surface area contributed by atoms with Gasteiger partial charge in [0.05, 0.1) is 0 Å². The van der Waals surface area contributed by atoms with E-state index in [0.717, 1.165) is 29.4 Å². The number of benzene rings is 1. The van der Waals surface area contributed by atoms with E-state index in [-0.39, 0.29) is 11.6 Å². The summed E-state index contributed by atoms with van der Waals surface area (Å²) in [5, 5.41) is 5.48.